The second kappa shape index (κ2) is 8.05. The molecule has 0 bridgehead atoms. The first kappa shape index (κ1) is 18.0. The number of imidazole rings is 1. The third-order valence-electron chi connectivity index (χ3n) is 4.15. The molecule has 0 atom stereocenters. The molecule has 0 unspecified atom stereocenters. The molecule has 132 valence electrons. The quantitative estimate of drug-likeness (QED) is 0.489. The number of thioether (sulfide) groups is 1. The highest BCUT2D eigenvalue weighted by Crippen LogP contribution is 2.27. The minimum Gasteiger partial charge on any atom is -0.323 e. The normalized spacial score (nSPS) is 11.6. The highest BCUT2D eigenvalue weighted by atomic mass is 32.2. The van der Waals surface area contributed by atoms with Crippen molar-refractivity contribution in [1.82, 2.24) is 9.55 Å². The van der Waals surface area contributed by atoms with Crippen molar-refractivity contribution in [3.05, 3.63) is 59.7 Å². The maximum Gasteiger partial charge on any atom is 0.128 e. The predicted molar refractivity (Wildman–Crippen MR) is 105 cm³/mol. The minimum atomic E-state index is -0.156. The van der Waals surface area contributed by atoms with Crippen LogP contribution in [0.3, 0.4) is 0 Å². The van der Waals surface area contributed by atoms with Gasteiger partial charge in [0, 0.05) is 16.9 Å². The van der Waals surface area contributed by atoms with E-state index in [1.165, 1.54) is 11.0 Å². The number of rotatable bonds is 7. The monoisotopic (exact) mass is 356 g/mol. The summed E-state index contributed by atoms with van der Waals surface area (Å²) in [4.78, 5) is 6.08. The van der Waals surface area contributed by atoms with Crippen LogP contribution in [-0.2, 0) is 13.0 Å². The molecule has 1 aromatic heterocycles. The summed E-state index contributed by atoms with van der Waals surface area (Å²) in [6.07, 6.45) is 2.04. The molecule has 0 saturated heterocycles. The molecule has 25 heavy (non-hydrogen) atoms. The Kier molecular flexibility index (Phi) is 5.79. The van der Waals surface area contributed by atoms with Crippen molar-refractivity contribution in [2.45, 2.75) is 45.1 Å². The third kappa shape index (κ3) is 4.24. The molecule has 0 spiro atoms. The van der Waals surface area contributed by atoms with E-state index in [0.29, 0.717) is 18.0 Å². The Labute approximate surface area is 153 Å². The predicted octanol–water partition coefficient (Wildman–Crippen LogP) is 5.92. The number of hydrogen-bond donors (Lipinski definition) is 0. The van der Waals surface area contributed by atoms with Crippen molar-refractivity contribution in [3.63, 3.8) is 0 Å². The van der Waals surface area contributed by atoms with Crippen LogP contribution in [0.1, 0.15) is 38.6 Å². The van der Waals surface area contributed by atoms with E-state index in [0.717, 1.165) is 35.5 Å². The Bertz CT molecular complexity index is 854. The van der Waals surface area contributed by atoms with Gasteiger partial charge in [-0.25, -0.2) is 9.37 Å². The minimum absolute atomic E-state index is 0.156. The van der Waals surface area contributed by atoms with Crippen molar-refractivity contribution >= 4 is 22.8 Å². The van der Waals surface area contributed by atoms with Crippen molar-refractivity contribution in [3.8, 4) is 0 Å². The van der Waals surface area contributed by atoms with Crippen LogP contribution in [0.2, 0.25) is 0 Å². The van der Waals surface area contributed by atoms with Crippen LogP contribution in [-0.4, -0.2) is 15.3 Å². The first-order valence-corrected chi connectivity index (χ1v) is 9.92. The molecule has 2 nitrogen and oxygen atoms in total. The number of fused-ring (bicyclic) bond motifs is 1. The van der Waals surface area contributed by atoms with E-state index in [4.69, 9.17) is 4.98 Å². The summed E-state index contributed by atoms with van der Waals surface area (Å²) in [5, 5.41) is 0. The van der Waals surface area contributed by atoms with Crippen LogP contribution in [0.15, 0.2) is 47.4 Å². The zero-order chi connectivity index (χ0) is 17.8. The fourth-order valence-corrected chi connectivity index (χ4v) is 3.76. The highest BCUT2D eigenvalue weighted by molar-refractivity contribution is 7.99. The summed E-state index contributed by atoms with van der Waals surface area (Å²) >= 11 is 1.86. The zero-order valence-electron chi connectivity index (χ0n) is 15.1. The number of hydrogen-bond acceptors (Lipinski definition) is 2. The lowest BCUT2D eigenvalue weighted by Gasteiger charge is -2.12. The summed E-state index contributed by atoms with van der Waals surface area (Å²) in [5.41, 5.74) is 2.80. The maximum absolute atomic E-state index is 14.2. The number of nitrogens with zero attached hydrogens (tertiary/aromatic N) is 2. The first-order chi connectivity index (χ1) is 12.1. The molecule has 2 aromatic carbocycles. The van der Waals surface area contributed by atoms with E-state index in [2.05, 4.69) is 43.5 Å². The number of benzene rings is 2. The second-order valence-electron chi connectivity index (χ2n) is 6.80. The highest BCUT2D eigenvalue weighted by Gasteiger charge is 2.14. The molecule has 0 radical (unpaired) electrons. The standard InChI is InChI=1S/C21H25FN2S/c1-4-11-25-17-9-10-19-20(13-17)24(21(23-19)12-15(2)3)14-16-7-5-6-8-18(16)22/h5-10,13,15H,4,11-12,14H2,1-3H3. The van der Waals surface area contributed by atoms with Crippen LogP contribution in [0.5, 0.6) is 0 Å². The Morgan fingerprint density at radius 1 is 1.16 bits per heavy atom. The van der Waals surface area contributed by atoms with Gasteiger partial charge in [0.25, 0.3) is 0 Å². The van der Waals surface area contributed by atoms with Crippen LogP contribution < -0.4 is 0 Å². The number of aromatic nitrogens is 2. The van der Waals surface area contributed by atoms with Gasteiger partial charge >= 0.3 is 0 Å². The van der Waals surface area contributed by atoms with Gasteiger partial charge < -0.3 is 4.57 Å². The van der Waals surface area contributed by atoms with Crippen molar-refractivity contribution in [2.24, 2.45) is 5.92 Å². The Morgan fingerprint density at radius 3 is 2.68 bits per heavy atom. The fraction of sp³-hybridized carbons (Fsp3) is 0.381. The molecule has 3 aromatic rings. The largest absolute Gasteiger partial charge is 0.323 e. The van der Waals surface area contributed by atoms with Crippen LogP contribution in [0, 0.1) is 11.7 Å². The van der Waals surface area contributed by atoms with Gasteiger partial charge in [0.15, 0.2) is 0 Å². The zero-order valence-corrected chi connectivity index (χ0v) is 15.9. The van der Waals surface area contributed by atoms with Crippen LogP contribution in [0.4, 0.5) is 4.39 Å². The molecular formula is C21H25FN2S. The molecule has 0 N–H and O–H groups in total. The molecule has 4 heteroatoms. The van der Waals surface area contributed by atoms with Gasteiger partial charge in [-0.1, -0.05) is 39.0 Å². The van der Waals surface area contributed by atoms with Gasteiger partial charge in [-0.05, 0) is 42.4 Å². The second-order valence-corrected chi connectivity index (χ2v) is 7.97. The molecule has 0 aliphatic rings. The van der Waals surface area contributed by atoms with Gasteiger partial charge in [0.1, 0.15) is 11.6 Å². The lowest BCUT2D eigenvalue weighted by molar-refractivity contribution is 0.575. The van der Waals surface area contributed by atoms with Crippen molar-refractivity contribution < 1.29 is 4.39 Å². The van der Waals surface area contributed by atoms with Crippen molar-refractivity contribution in [1.29, 1.82) is 0 Å². The van der Waals surface area contributed by atoms with E-state index in [-0.39, 0.29) is 5.82 Å². The summed E-state index contributed by atoms with van der Waals surface area (Å²) in [6.45, 7) is 7.09. The van der Waals surface area contributed by atoms with E-state index in [1.54, 1.807) is 6.07 Å². The van der Waals surface area contributed by atoms with Crippen LogP contribution in [0.25, 0.3) is 11.0 Å². The van der Waals surface area contributed by atoms with E-state index in [9.17, 15) is 4.39 Å². The summed E-state index contributed by atoms with van der Waals surface area (Å²) in [6, 6.07) is 13.4. The molecule has 0 aliphatic carbocycles. The first-order valence-electron chi connectivity index (χ1n) is 8.93. The van der Waals surface area contributed by atoms with Gasteiger partial charge in [0.2, 0.25) is 0 Å². The maximum atomic E-state index is 14.2. The van der Waals surface area contributed by atoms with E-state index in [1.807, 2.05) is 23.9 Å². The Balaban J connectivity index is 2.05. The molecule has 0 aliphatic heterocycles. The van der Waals surface area contributed by atoms with Gasteiger partial charge in [-0.3, -0.25) is 0 Å². The molecular weight excluding hydrogens is 331 g/mol. The van der Waals surface area contributed by atoms with Crippen LogP contribution >= 0.6 is 11.8 Å². The topological polar surface area (TPSA) is 17.8 Å². The average Bonchev–Trinajstić information content (AvgIpc) is 2.91. The number of halogens is 1. The fourth-order valence-electron chi connectivity index (χ4n) is 2.96. The van der Waals surface area contributed by atoms with E-state index >= 15 is 0 Å². The molecule has 3 rings (SSSR count). The summed E-state index contributed by atoms with van der Waals surface area (Å²) < 4.78 is 16.4. The molecule has 0 saturated carbocycles. The van der Waals surface area contributed by atoms with Gasteiger partial charge in [0.05, 0.1) is 17.6 Å². The van der Waals surface area contributed by atoms with Gasteiger partial charge in [-0.2, -0.15) is 0 Å². The van der Waals surface area contributed by atoms with Gasteiger partial charge in [-0.15, -0.1) is 11.8 Å². The lowest BCUT2D eigenvalue weighted by Crippen LogP contribution is -2.09. The Morgan fingerprint density at radius 2 is 1.96 bits per heavy atom. The lowest BCUT2D eigenvalue weighted by atomic mass is 10.1. The molecule has 0 fully saturated rings. The Hall–Kier alpha value is -1.81. The van der Waals surface area contributed by atoms with Crippen molar-refractivity contribution in [2.75, 3.05) is 5.75 Å². The SMILES string of the molecule is CCCSc1ccc2nc(CC(C)C)n(Cc3ccccc3F)c2c1. The molecule has 0 amide bonds. The molecule has 1 heterocycles. The third-order valence-corrected chi connectivity index (χ3v) is 5.35. The summed E-state index contributed by atoms with van der Waals surface area (Å²) in [5.74, 6) is 2.48. The van der Waals surface area contributed by atoms with E-state index < -0.39 is 0 Å². The smallest absolute Gasteiger partial charge is 0.128 e. The summed E-state index contributed by atoms with van der Waals surface area (Å²) in [7, 11) is 0. The average molecular weight is 357 g/mol.